The summed E-state index contributed by atoms with van der Waals surface area (Å²) in [5.41, 5.74) is -0.115. The Labute approximate surface area is 151 Å². The van der Waals surface area contributed by atoms with E-state index in [9.17, 15) is 23.5 Å². The predicted molar refractivity (Wildman–Crippen MR) is 91.2 cm³/mol. The van der Waals surface area contributed by atoms with Crippen molar-refractivity contribution in [1.82, 2.24) is 9.80 Å². The van der Waals surface area contributed by atoms with Gasteiger partial charge in [-0.3, -0.25) is 9.59 Å². The molecule has 1 spiro atoms. The lowest BCUT2D eigenvalue weighted by Gasteiger charge is -2.49. The van der Waals surface area contributed by atoms with Crippen LogP contribution in [0.5, 0.6) is 0 Å². The van der Waals surface area contributed by atoms with Crippen LogP contribution in [0.4, 0.5) is 8.78 Å². The summed E-state index contributed by atoms with van der Waals surface area (Å²) in [4.78, 5) is 27.5. The van der Waals surface area contributed by atoms with Crippen LogP contribution < -0.4 is 0 Å². The van der Waals surface area contributed by atoms with Gasteiger partial charge in [0.1, 0.15) is 0 Å². The van der Waals surface area contributed by atoms with Crippen molar-refractivity contribution in [2.45, 2.75) is 38.7 Å². The first-order chi connectivity index (χ1) is 12.3. The number of hydrogen-bond donors (Lipinski definition) is 1. The highest BCUT2D eigenvalue weighted by atomic mass is 19.2. The Morgan fingerprint density at radius 1 is 1.23 bits per heavy atom. The van der Waals surface area contributed by atoms with Crippen molar-refractivity contribution in [2.24, 2.45) is 5.41 Å². The summed E-state index contributed by atoms with van der Waals surface area (Å²) in [7, 11) is 0. The molecule has 1 aromatic carbocycles. The van der Waals surface area contributed by atoms with Crippen LogP contribution >= 0.6 is 0 Å². The summed E-state index contributed by atoms with van der Waals surface area (Å²) < 4.78 is 27.1. The monoisotopic (exact) mass is 366 g/mol. The number of amides is 2. The highest BCUT2D eigenvalue weighted by molar-refractivity contribution is 5.79. The second kappa shape index (κ2) is 7.31. The summed E-state index contributed by atoms with van der Waals surface area (Å²) in [6.45, 7) is 3.44. The predicted octanol–water partition coefficient (Wildman–Crippen LogP) is 1.73. The molecule has 2 aliphatic heterocycles. The maximum absolute atomic E-state index is 13.8. The summed E-state index contributed by atoms with van der Waals surface area (Å²) in [6.07, 6.45) is 1.28. The molecule has 0 aliphatic carbocycles. The van der Waals surface area contributed by atoms with Gasteiger partial charge in [-0.05, 0) is 30.7 Å². The maximum Gasteiger partial charge on any atom is 0.227 e. The Bertz CT molecular complexity index is 702. The van der Waals surface area contributed by atoms with E-state index in [1.807, 2.05) is 0 Å². The molecule has 2 heterocycles. The van der Waals surface area contributed by atoms with Crippen molar-refractivity contribution < 1.29 is 23.5 Å². The van der Waals surface area contributed by atoms with Gasteiger partial charge in [-0.2, -0.15) is 0 Å². The van der Waals surface area contributed by atoms with Gasteiger partial charge in [-0.1, -0.05) is 12.1 Å². The first-order valence-electron chi connectivity index (χ1n) is 8.94. The van der Waals surface area contributed by atoms with Gasteiger partial charge in [-0.25, -0.2) is 8.78 Å². The van der Waals surface area contributed by atoms with Crippen LogP contribution in [0.2, 0.25) is 0 Å². The molecule has 2 saturated heterocycles. The molecule has 1 unspecified atom stereocenters. The molecule has 1 aromatic rings. The number of hydrogen-bond acceptors (Lipinski definition) is 3. The fraction of sp³-hybridized carbons (Fsp3) is 0.579. The van der Waals surface area contributed by atoms with Gasteiger partial charge in [0.05, 0.1) is 12.5 Å². The van der Waals surface area contributed by atoms with Gasteiger partial charge < -0.3 is 14.9 Å². The summed E-state index contributed by atoms with van der Waals surface area (Å²) in [5.74, 6) is -2.21. The lowest BCUT2D eigenvalue weighted by atomic mass is 9.71. The SMILES string of the molecule is CC(=O)N1CC(O)CC2(CCN(C(=O)Cc3cccc(F)c3F)CC2)C1. The van der Waals surface area contributed by atoms with E-state index in [-0.39, 0.29) is 29.2 Å². The Kier molecular flexibility index (Phi) is 5.27. The van der Waals surface area contributed by atoms with Crippen molar-refractivity contribution in [3.05, 3.63) is 35.4 Å². The molecule has 0 radical (unpaired) electrons. The standard InChI is InChI=1S/C19H24F2N2O3/c1-13(24)23-11-15(25)10-19(12-23)5-7-22(8-6-19)17(26)9-14-3-2-4-16(20)18(14)21/h2-4,15,25H,5-12H2,1H3. The van der Waals surface area contributed by atoms with Gasteiger partial charge in [0.15, 0.2) is 11.6 Å². The topological polar surface area (TPSA) is 60.9 Å². The first kappa shape index (κ1) is 18.8. The molecule has 142 valence electrons. The summed E-state index contributed by atoms with van der Waals surface area (Å²) >= 11 is 0. The highest BCUT2D eigenvalue weighted by Gasteiger charge is 2.42. The largest absolute Gasteiger partial charge is 0.391 e. The zero-order valence-corrected chi connectivity index (χ0v) is 14.9. The van der Waals surface area contributed by atoms with E-state index >= 15 is 0 Å². The number of piperidine rings is 2. The molecule has 0 aromatic heterocycles. The number of nitrogens with zero attached hydrogens (tertiary/aromatic N) is 2. The third-order valence-electron chi connectivity index (χ3n) is 5.62. The summed E-state index contributed by atoms with van der Waals surface area (Å²) in [6, 6.07) is 3.85. The van der Waals surface area contributed by atoms with Gasteiger partial charge in [0.25, 0.3) is 0 Å². The van der Waals surface area contributed by atoms with Gasteiger partial charge in [0, 0.05) is 38.7 Å². The maximum atomic E-state index is 13.8. The molecule has 1 atom stereocenters. The number of β-amino-alcohol motifs (C(OH)–C–C–N with tert-alkyl or cyclic N) is 1. The number of likely N-dealkylation sites (tertiary alicyclic amines) is 2. The van der Waals surface area contributed by atoms with Crippen LogP contribution in [-0.4, -0.2) is 59.0 Å². The molecule has 5 nitrogen and oxygen atoms in total. The Morgan fingerprint density at radius 2 is 1.92 bits per heavy atom. The fourth-order valence-corrected chi connectivity index (χ4v) is 4.15. The molecule has 2 fully saturated rings. The molecule has 0 bridgehead atoms. The van der Waals surface area contributed by atoms with Gasteiger partial charge in [0.2, 0.25) is 11.8 Å². The molecular formula is C19H24F2N2O3. The normalized spacial score (nSPS) is 22.5. The number of benzene rings is 1. The number of rotatable bonds is 2. The van der Waals surface area contributed by atoms with Crippen LogP contribution in [0.25, 0.3) is 0 Å². The summed E-state index contributed by atoms with van der Waals surface area (Å²) in [5, 5.41) is 10.1. The minimum Gasteiger partial charge on any atom is -0.391 e. The lowest BCUT2D eigenvalue weighted by molar-refractivity contribution is -0.141. The fourth-order valence-electron chi connectivity index (χ4n) is 4.15. The number of carbonyl (C=O) groups excluding carboxylic acids is 2. The molecule has 26 heavy (non-hydrogen) atoms. The van der Waals surface area contributed by atoms with E-state index in [1.165, 1.54) is 19.1 Å². The Morgan fingerprint density at radius 3 is 2.58 bits per heavy atom. The quantitative estimate of drug-likeness (QED) is 0.867. The average Bonchev–Trinajstić information content (AvgIpc) is 2.59. The van der Waals surface area contributed by atoms with E-state index in [4.69, 9.17) is 0 Å². The van der Waals surface area contributed by atoms with E-state index in [1.54, 1.807) is 9.80 Å². The third kappa shape index (κ3) is 3.87. The smallest absolute Gasteiger partial charge is 0.227 e. The van der Waals surface area contributed by atoms with Crippen LogP contribution in [0.3, 0.4) is 0 Å². The number of aliphatic hydroxyl groups is 1. The lowest BCUT2D eigenvalue weighted by Crippen LogP contribution is -2.55. The first-order valence-corrected chi connectivity index (χ1v) is 8.94. The molecule has 2 aliphatic rings. The van der Waals surface area contributed by atoms with Crippen LogP contribution in [0, 0.1) is 17.0 Å². The molecule has 2 amide bonds. The van der Waals surface area contributed by atoms with E-state index < -0.39 is 17.7 Å². The van der Waals surface area contributed by atoms with Crippen molar-refractivity contribution in [3.63, 3.8) is 0 Å². The highest BCUT2D eigenvalue weighted by Crippen LogP contribution is 2.40. The van der Waals surface area contributed by atoms with Crippen molar-refractivity contribution >= 4 is 11.8 Å². The Hall–Kier alpha value is -2.02. The number of aliphatic hydroxyl groups excluding tert-OH is 1. The molecule has 7 heteroatoms. The van der Waals surface area contributed by atoms with E-state index in [2.05, 4.69) is 0 Å². The number of halogens is 2. The zero-order chi connectivity index (χ0) is 18.9. The van der Waals surface area contributed by atoms with Crippen LogP contribution in [0.15, 0.2) is 18.2 Å². The van der Waals surface area contributed by atoms with Crippen LogP contribution in [-0.2, 0) is 16.0 Å². The molecule has 1 N–H and O–H groups in total. The van der Waals surface area contributed by atoms with Crippen molar-refractivity contribution in [2.75, 3.05) is 26.2 Å². The van der Waals surface area contributed by atoms with E-state index in [0.717, 1.165) is 6.07 Å². The number of carbonyl (C=O) groups is 2. The second-order valence-corrected chi connectivity index (χ2v) is 7.53. The second-order valence-electron chi connectivity index (χ2n) is 7.53. The Balaban J connectivity index is 1.62. The zero-order valence-electron chi connectivity index (χ0n) is 14.9. The van der Waals surface area contributed by atoms with Crippen LogP contribution in [0.1, 0.15) is 31.7 Å². The van der Waals surface area contributed by atoms with E-state index in [0.29, 0.717) is 45.4 Å². The third-order valence-corrected chi connectivity index (χ3v) is 5.62. The molecule has 0 saturated carbocycles. The average molecular weight is 366 g/mol. The molecular weight excluding hydrogens is 342 g/mol. The van der Waals surface area contributed by atoms with Gasteiger partial charge >= 0.3 is 0 Å². The van der Waals surface area contributed by atoms with Crippen molar-refractivity contribution in [1.29, 1.82) is 0 Å². The molecule has 3 rings (SSSR count). The van der Waals surface area contributed by atoms with Crippen molar-refractivity contribution in [3.8, 4) is 0 Å². The minimum atomic E-state index is -0.971. The van der Waals surface area contributed by atoms with Gasteiger partial charge in [-0.15, -0.1) is 0 Å². The minimum absolute atomic E-state index is 0.0526.